The third kappa shape index (κ3) is 6.63. The van der Waals surface area contributed by atoms with Crippen molar-refractivity contribution in [2.75, 3.05) is 53.1 Å². The van der Waals surface area contributed by atoms with Gasteiger partial charge in [-0.3, -0.25) is 9.89 Å². The standard InChI is InChI=1S/C15H32N4O2/c1-6-16-14(18-13(2)11-20-5)17-12-15(3,4)19-7-9-21-10-8-19/h13H,6-12H2,1-5H3,(H2,16,17,18). The van der Waals surface area contributed by atoms with Crippen LogP contribution in [0.15, 0.2) is 4.99 Å². The van der Waals surface area contributed by atoms with Crippen LogP contribution in [0.5, 0.6) is 0 Å². The number of methoxy groups -OCH3 is 1. The van der Waals surface area contributed by atoms with Crippen LogP contribution >= 0.6 is 0 Å². The lowest BCUT2D eigenvalue weighted by Crippen LogP contribution is -2.52. The number of guanidine groups is 1. The van der Waals surface area contributed by atoms with E-state index in [1.807, 2.05) is 0 Å². The van der Waals surface area contributed by atoms with E-state index in [4.69, 9.17) is 14.5 Å². The maximum Gasteiger partial charge on any atom is 0.191 e. The van der Waals surface area contributed by atoms with Gasteiger partial charge in [-0.15, -0.1) is 0 Å². The van der Waals surface area contributed by atoms with Crippen molar-refractivity contribution in [2.24, 2.45) is 4.99 Å². The molecule has 0 bridgehead atoms. The van der Waals surface area contributed by atoms with E-state index in [9.17, 15) is 0 Å². The first-order chi connectivity index (χ1) is 9.99. The summed E-state index contributed by atoms with van der Waals surface area (Å²) in [5.41, 5.74) is 0.0383. The molecule has 1 atom stereocenters. The molecule has 0 aromatic heterocycles. The Kier molecular flexibility index (Phi) is 8.00. The maximum absolute atomic E-state index is 5.42. The van der Waals surface area contributed by atoms with E-state index < -0.39 is 0 Å². The topological polar surface area (TPSA) is 58.1 Å². The zero-order chi connectivity index (χ0) is 15.7. The molecule has 1 fully saturated rings. The first-order valence-electron chi connectivity index (χ1n) is 7.86. The molecule has 1 saturated heterocycles. The molecule has 6 nitrogen and oxygen atoms in total. The van der Waals surface area contributed by atoms with Crippen LogP contribution in [0.1, 0.15) is 27.7 Å². The Bertz CT molecular complexity index is 315. The van der Waals surface area contributed by atoms with Crippen molar-refractivity contribution >= 4 is 5.96 Å². The highest BCUT2D eigenvalue weighted by atomic mass is 16.5. The monoisotopic (exact) mass is 300 g/mol. The first kappa shape index (κ1) is 18.2. The molecule has 0 spiro atoms. The Morgan fingerprint density at radius 1 is 1.38 bits per heavy atom. The van der Waals surface area contributed by atoms with Gasteiger partial charge < -0.3 is 20.1 Å². The second-order valence-electron chi connectivity index (χ2n) is 6.11. The summed E-state index contributed by atoms with van der Waals surface area (Å²) in [6, 6.07) is 0.235. The number of hydrogen-bond acceptors (Lipinski definition) is 4. The van der Waals surface area contributed by atoms with Crippen LogP contribution in [-0.2, 0) is 9.47 Å². The lowest BCUT2D eigenvalue weighted by atomic mass is 10.0. The largest absolute Gasteiger partial charge is 0.383 e. The molecule has 0 radical (unpaired) electrons. The fourth-order valence-electron chi connectivity index (χ4n) is 2.39. The summed E-state index contributed by atoms with van der Waals surface area (Å²) in [5.74, 6) is 0.850. The fourth-order valence-corrected chi connectivity index (χ4v) is 2.39. The van der Waals surface area contributed by atoms with Gasteiger partial charge in [-0.2, -0.15) is 0 Å². The molecule has 21 heavy (non-hydrogen) atoms. The second-order valence-corrected chi connectivity index (χ2v) is 6.11. The molecule has 0 aliphatic carbocycles. The van der Waals surface area contributed by atoms with Crippen LogP contribution in [0.3, 0.4) is 0 Å². The zero-order valence-corrected chi connectivity index (χ0v) is 14.2. The van der Waals surface area contributed by atoms with E-state index in [1.165, 1.54) is 0 Å². The van der Waals surface area contributed by atoms with E-state index in [-0.39, 0.29) is 11.6 Å². The van der Waals surface area contributed by atoms with Crippen molar-refractivity contribution < 1.29 is 9.47 Å². The van der Waals surface area contributed by atoms with Crippen LogP contribution in [0, 0.1) is 0 Å². The predicted octanol–water partition coefficient (Wildman–Crippen LogP) is 0.687. The van der Waals surface area contributed by atoms with Gasteiger partial charge in [-0.1, -0.05) is 0 Å². The number of hydrogen-bond donors (Lipinski definition) is 2. The van der Waals surface area contributed by atoms with Crippen molar-refractivity contribution in [3.8, 4) is 0 Å². The summed E-state index contributed by atoms with van der Waals surface area (Å²) in [6.07, 6.45) is 0. The number of nitrogens with one attached hydrogen (secondary N) is 2. The van der Waals surface area contributed by atoms with Crippen molar-refractivity contribution in [1.82, 2.24) is 15.5 Å². The van der Waals surface area contributed by atoms with E-state index in [0.29, 0.717) is 6.61 Å². The first-order valence-corrected chi connectivity index (χ1v) is 7.86. The smallest absolute Gasteiger partial charge is 0.191 e. The average Bonchev–Trinajstić information content (AvgIpc) is 2.46. The highest BCUT2D eigenvalue weighted by Gasteiger charge is 2.28. The number of rotatable bonds is 7. The Morgan fingerprint density at radius 2 is 2.05 bits per heavy atom. The Labute approximate surface area is 129 Å². The molecule has 2 N–H and O–H groups in total. The molecule has 1 heterocycles. The van der Waals surface area contributed by atoms with Gasteiger partial charge in [0.05, 0.1) is 26.4 Å². The molecule has 6 heteroatoms. The lowest BCUT2D eigenvalue weighted by Gasteiger charge is -2.40. The lowest BCUT2D eigenvalue weighted by molar-refractivity contribution is -0.00684. The van der Waals surface area contributed by atoms with Crippen molar-refractivity contribution in [2.45, 2.75) is 39.3 Å². The average molecular weight is 300 g/mol. The summed E-state index contributed by atoms with van der Waals surface area (Å²) in [6.45, 7) is 14.5. The minimum atomic E-state index is 0.0383. The summed E-state index contributed by atoms with van der Waals surface area (Å²) in [7, 11) is 1.71. The number of morpholine rings is 1. The van der Waals surface area contributed by atoms with Gasteiger partial charge in [0.2, 0.25) is 0 Å². The molecule has 0 amide bonds. The maximum atomic E-state index is 5.42. The molecule has 1 aliphatic rings. The van der Waals surface area contributed by atoms with Crippen molar-refractivity contribution in [3.05, 3.63) is 0 Å². The molecule has 0 aromatic carbocycles. The summed E-state index contributed by atoms with van der Waals surface area (Å²) in [4.78, 5) is 7.19. The van der Waals surface area contributed by atoms with Crippen LogP contribution in [0.2, 0.25) is 0 Å². The van der Waals surface area contributed by atoms with Gasteiger partial charge in [0, 0.05) is 38.3 Å². The normalized spacial score (nSPS) is 19.4. The van der Waals surface area contributed by atoms with Gasteiger partial charge in [0.25, 0.3) is 0 Å². The minimum absolute atomic E-state index is 0.0383. The highest BCUT2D eigenvalue weighted by Crippen LogP contribution is 2.16. The predicted molar refractivity (Wildman–Crippen MR) is 86.9 cm³/mol. The van der Waals surface area contributed by atoms with Crippen LogP contribution < -0.4 is 10.6 Å². The Hall–Kier alpha value is -0.850. The zero-order valence-electron chi connectivity index (χ0n) is 14.2. The molecular weight excluding hydrogens is 268 g/mol. The third-order valence-electron chi connectivity index (χ3n) is 3.64. The minimum Gasteiger partial charge on any atom is -0.383 e. The highest BCUT2D eigenvalue weighted by molar-refractivity contribution is 5.80. The molecule has 1 rings (SSSR count). The van der Waals surface area contributed by atoms with Gasteiger partial charge in [0.1, 0.15) is 0 Å². The fraction of sp³-hybridized carbons (Fsp3) is 0.933. The van der Waals surface area contributed by atoms with E-state index in [2.05, 4.69) is 43.2 Å². The molecule has 1 unspecified atom stereocenters. The number of aliphatic imine (C=N–C) groups is 1. The van der Waals surface area contributed by atoms with Crippen LogP contribution in [0.4, 0.5) is 0 Å². The van der Waals surface area contributed by atoms with Gasteiger partial charge in [-0.05, 0) is 27.7 Å². The van der Waals surface area contributed by atoms with Crippen molar-refractivity contribution in [1.29, 1.82) is 0 Å². The van der Waals surface area contributed by atoms with Crippen molar-refractivity contribution in [3.63, 3.8) is 0 Å². The SMILES string of the molecule is CCNC(=NCC(C)(C)N1CCOCC1)NC(C)COC. The third-order valence-corrected chi connectivity index (χ3v) is 3.64. The van der Waals surface area contributed by atoms with Crippen LogP contribution in [0.25, 0.3) is 0 Å². The summed E-state index contributed by atoms with van der Waals surface area (Å²) in [5, 5.41) is 6.65. The quantitative estimate of drug-likeness (QED) is 0.535. The molecule has 1 aliphatic heterocycles. The number of ether oxygens (including phenoxy) is 2. The second kappa shape index (κ2) is 9.23. The summed E-state index contributed by atoms with van der Waals surface area (Å²) < 4.78 is 10.6. The molecular formula is C15H32N4O2. The number of nitrogens with zero attached hydrogens (tertiary/aromatic N) is 2. The van der Waals surface area contributed by atoms with Gasteiger partial charge in [0.15, 0.2) is 5.96 Å². The van der Waals surface area contributed by atoms with Crippen LogP contribution in [-0.4, -0.2) is 75.5 Å². The van der Waals surface area contributed by atoms with Gasteiger partial charge in [-0.25, -0.2) is 0 Å². The Balaban J connectivity index is 2.58. The van der Waals surface area contributed by atoms with Gasteiger partial charge >= 0.3 is 0 Å². The summed E-state index contributed by atoms with van der Waals surface area (Å²) >= 11 is 0. The van der Waals surface area contributed by atoms with E-state index >= 15 is 0 Å². The molecule has 124 valence electrons. The molecule has 0 saturated carbocycles. The van der Waals surface area contributed by atoms with E-state index in [1.54, 1.807) is 7.11 Å². The van der Waals surface area contributed by atoms with E-state index in [0.717, 1.165) is 45.4 Å². The Morgan fingerprint density at radius 3 is 2.62 bits per heavy atom. The molecule has 0 aromatic rings.